The van der Waals surface area contributed by atoms with Crippen LogP contribution in [-0.4, -0.2) is 25.0 Å². The number of Topliss-reactive ketones (excluding diaryl/α,β-unsaturated/α-hetero) is 1. The van der Waals surface area contributed by atoms with Crippen LogP contribution in [0.25, 0.3) is 0 Å². The van der Waals surface area contributed by atoms with Crippen LogP contribution in [-0.2, 0) is 9.53 Å². The van der Waals surface area contributed by atoms with Gasteiger partial charge in [-0.05, 0) is 25.2 Å². The van der Waals surface area contributed by atoms with Gasteiger partial charge in [0.15, 0.2) is 5.78 Å². The Morgan fingerprint density at radius 3 is 2.79 bits per heavy atom. The monoisotopic (exact) mass is 199 g/mol. The summed E-state index contributed by atoms with van der Waals surface area (Å²) < 4.78 is 5.28. The van der Waals surface area contributed by atoms with Gasteiger partial charge in [0.05, 0.1) is 12.6 Å². The van der Waals surface area contributed by atoms with Crippen LogP contribution in [0.2, 0.25) is 0 Å². The van der Waals surface area contributed by atoms with Gasteiger partial charge in [-0.3, -0.25) is 4.79 Å². The van der Waals surface area contributed by atoms with Crippen LogP contribution >= 0.6 is 0 Å². The predicted octanol–water partition coefficient (Wildman–Crippen LogP) is 1.36. The lowest BCUT2D eigenvalue weighted by atomic mass is 9.89. The maximum atomic E-state index is 11.8. The third-order valence-electron chi connectivity index (χ3n) is 2.65. The molecule has 0 bridgehead atoms. The van der Waals surface area contributed by atoms with Crippen LogP contribution in [0.1, 0.15) is 33.1 Å². The SMILES string of the molecule is CC(C)CC(N)C(=O)C1CCCOC1. The van der Waals surface area contributed by atoms with E-state index in [4.69, 9.17) is 10.5 Å². The third-order valence-corrected chi connectivity index (χ3v) is 2.65. The smallest absolute Gasteiger partial charge is 0.154 e. The second-order valence-electron chi connectivity index (χ2n) is 4.55. The molecule has 3 heteroatoms. The lowest BCUT2D eigenvalue weighted by Crippen LogP contribution is -2.39. The van der Waals surface area contributed by atoms with Crippen molar-refractivity contribution in [3.8, 4) is 0 Å². The van der Waals surface area contributed by atoms with Gasteiger partial charge in [-0.2, -0.15) is 0 Å². The summed E-state index contributed by atoms with van der Waals surface area (Å²) in [6, 6.07) is -0.290. The lowest BCUT2D eigenvalue weighted by molar-refractivity contribution is -0.128. The highest BCUT2D eigenvalue weighted by atomic mass is 16.5. The number of nitrogens with two attached hydrogens (primary N) is 1. The summed E-state index contributed by atoms with van der Waals surface area (Å²) in [6.07, 6.45) is 2.73. The minimum atomic E-state index is -0.290. The number of hydrogen-bond acceptors (Lipinski definition) is 3. The fraction of sp³-hybridized carbons (Fsp3) is 0.909. The van der Waals surface area contributed by atoms with Crippen molar-refractivity contribution in [1.29, 1.82) is 0 Å². The summed E-state index contributed by atoms with van der Waals surface area (Å²) in [5.41, 5.74) is 5.84. The lowest BCUT2D eigenvalue weighted by Gasteiger charge is -2.24. The van der Waals surface area contributed by atoms with E-state index in [-0.39, 0.29) is 17.7 Å². The zero-order valence-electron chi connectivity index (χ0n) is 9.16. The van der Waals surface area contributed by atoms with Gasteiger partial charge in [0, 0.05) is 12.5 Å². The molecule has 1 fully saturated rings. The standard InChI is InChI=1S/C11H21NO2/c1-8(2)6-10(12)11(13)9-4-3-5-14-7-9/h8-10H,3-7,12H2,1-2H3. The molecule has 14 heavy (non-hydrogen) atoms. The number of rotatable bonds is 4. The number of carbonyl (C=O) groups excluding carboxylic acids is 1. The highest BCUT2D eigenvalue weighted by molar-refractivity contribution is 5.86. The van der Waals surface area contributed by atoms with Crippen LogP contribution in [0.15, 0.2) is 0 Å². The molecular formula is C11H21NO2. The van der Waals surface area contributed by atoms with Gasteiger partial charge in [0.25, 0.3) is 0 Å². The zero-order valence-corrected chi connectivity index (χ0v) is 9.16. The maximum Gasteiger partial charge on any atom is 0.154 e. The summed E-state index contributed by atoms with van der Waals surface area (Å²) in [6.45, 7) is 5.54. The van der Waals surface area contributed by atoms with E-state index < -0.39 is 0 Å². The van der Waals surface area contributed by atoms with E-state index in [0.29, 0.717) is 12.5 Å². The Morgan fingerprint density at radius 2 is 2.29 bits per heavy atom. The molecule has 1 aliphatic rings. The van der Waals surface area contributed by atoms with Crippen LogP contribution in [0, 0.1) is 11.8 Å². The Labute approximate surface area is 86.0 Å². The van der Waals surface area contributed by atoms with Crippen molar-refractivity contribution in [2.45, 2.75) is 39.2 Å². The van der Waals surface area contributed by atoms with E-state index in [1.54, 1.807) is 0 Å². The molecule has 1 aliphatic heterocycles. The van der Waals surface area contributed by atoms with E-state index in [9.17, 15) is 4.79 Å². The first-order valence-electron chi connectivity index (χ1n) is 5.48. The fourth-order valence-corrected chi connectivity index (χ4v) is 1.89. The van der Waals surface area contributed by atoms with Gasteiger partial charge in [0.1, 0.15) is 0 Å². The Bertz CT molecular complexity index is 186. The minimum Gasteiger partial charge on any atom is -0.381 e. The molecule has 1 rings (SSSR count). The molecule has 1 heterocycles. The second-order valence-corrected chi connectivity index (χ2v) is 4.55. The Hall–Kier alpha value is -0.410. The van der Waals surface area contributed by atoms with E-state index >= 15 is 0 Å². The number of carbonyl (C=O) groups is 1. The van der Waals surface area contributed by atoms with Crippen molar-refractivity contribution < 1.29 is 9.53 Å². The van der Waals surface area contributed by atoms with Crippen molar-refractivity contribution in [1.82, 2.24) is 0 Å². The summed E-state index contributed by atoms with van der Waals surface area (Å²) in [7, 11) is 0. The highest BCUT2D eigenvalue weighted by Gasteiger charge is 2.26. The first kappa shape index (κ1) is 11.7. The molecule has 2 unspecified atom stereocenters. The van der Waals surface area contributed by atoms with Crippen LogP contribution in [0.5, 0.6) is 0 Å². The van der Waals surface area contributed by atoms with Gasteiger partial charge >= 0.3 is 0 Å². The minimum absolute atomic E-state index is 0.0532. The van der Waals surface area contributed by atoms with Crippen LogP contribution < -0.4 is 5.73 Å². The zero-order chi connectivity index (χ0) is 10.6. The van der Waals surface area contributed by atoms with Crippen molar-refractivity contribution >= 4 is 5.78 Å². The average Bonchev–Trinajstić information content (AvgIpc) is 2.17. The van der Waals surface area contributed by atoms with Crippen LogP contribution in [0.4, 0.5) is 0 Å². The maximum absolute atomic E-state index is 11.8. The van der Waals surface area contributed by atoms with Gasteiger partial charge in [-0.1, -0.05) is 13.8 Å². The largest absolute Gasteiger partial charge is 0.381 e. The number of ether oxygens (including phenoxy) is 1. The van der Waals surface area contributed by atoms with Crippen molar-refractivity contribution in [2.24, 2.45) is 17.6 Å². The molecule has 0 radical (unpaired) electrons. The third kappa shape index (κ3) is 3.39. The molecule has 0 aromatic carbocycles. The van der Waals surface area contributed by atoms with E-state index in [1.165, 1.54) is 0 Å². The number of hydrogen-bond donors (Lipinski definition) is 1. The van der Waals surface area contributed by atoms with Gasteiger partial charge in [-0.25, -0.2) is 0 Å². The van der Waals surface area contributed by atoms with Gasteiger partial charge in [-0.15, -0.1) is 0 Å². The summed E-state index contributed by atoms with van der Waals surface area (Å²) in [5.74, 6) is 0.731. The molecule has 0 spiro atoms. The molecular weight excluding hydrogens is 178 g/mol. The molecule has 0 amide bonds. The average molecular weight is 199 g/mol. The van der Waals surface area contributed by atoms with Gasteiger partial charge < -0.3 is 10.5 Å². The Balaban J connectivity index is 2.38. The first-order valence-corrected chi connectivity index (χ1v) is 5.48. The molecule has 0 aromatic heterocycles. The van der Waals surface area contributed by atoms with Crippen molar-refractivity contribution in [2.75, 3.05) is 13.2 Å². The molecule has 2 N–H and O–H groups in total. The summed E-state index contributed by atoms with van der Waals surface area (Å²) in [4.78, 5) is 11.8. The quantitative estimate of drug-likeness (QED) is 0.743. The topological polar surface area (TPSA) is 52.3 Å². The summed E-state index contributed by atoms with van der Waals surface area (Å²) >= 11 is 0. The Morgan fingerprint density at radius 1 is 1.57 bits per heavy atom. The number of ketones is 1. The fourth-order valence-electron chi connectivity index (χ4n) is 1.89. The Kier molecular flexibility index (Phi) is 4.55. The van der Waals surface area contributed by atoms with Crippen LogP contribution in [0.3, 0.4) is 0 Å². The molecule has 3 nitrogen and oxygen atoms in total. The molecule has 82 valence electrons. The van der Waals surface area contributed by atoms with E-state index in [1.807, 2.05) is 0 Å². The van der Waals surface area contributed by atoms with Crippen molar-refractivity contribution in [3.05, 3.63) is 0 Å². The predicted molar refractivity (Wildman–Crippen MR) is 56.0 cm³/mol. The first-order chi connectivity index (χ1) is 6.61. The van der Waals surface area contributed by atoms with Crippen molar-refractivity contribution in [3.63, 3.8) is 0 Å². The molecule has 0 aromatic rings. The molecule has 0 saturated carbocycles. The highest BCUT2D eigenvalue weighted by Crippen LogP contribution is 2.17. The normalized spacial score (nSPS) is 25.0. The molecule has 1 saturated heterocycles. The van der Waals surface area contributed by atoms with Gasteiger partial charge in [0.2, 0.25) is 0 Å². The second kappa shape index (κ2) is 5.47. The molecule has 0 aliphatic carbocycles. The molecule has 2 atom stereocenters. The van der Waals surface area contributed by atoms with E-state index in [2.05, 4.69) is 13.8 Å². The summed E-state index contributed by atoms with van der Waals surface area (Å²) in [5, 5.41) is 0. The van der Waals surface area contributed by atoms with E-state index in [0.717, 1.165) is 25.9 Å².